The fourth-order valence-electron chi connectivity index (χ4n) is 3.30. The summed E-state index contributed by atoms with van der Waals surface area (Å²) in [5, 5.41) is 2.18. The van der Waals surface area contributed by atoms with Crippen LogP contribution in [0.25, 0.3) is 6.08 Å². The predicted molar refractivity (Wildman–Crippen MR) is 117 cm³/mol. The smallest absolute Gasteiger partial charge is 0.434 e. The quantitative estimate of drug-likeness (QED) is 0.510. The lowest BCUT2D eigenvalue weighted by molar-refractivity contribution is -0.140. The minimum atomic E-state index is -4.93. The van der Waals surface area contributed by atoms with Gasteiger partial charge >= 0.3 is 12.1 Å². The number of thiophene rings is 1. The van der Waals surface area contributed by atoms with Gasteiger partial charge in [-0.2, -0.15) is 13.2 Å². The van der Waals surface area contributed by atoms with Crippen molar-refractivity contribution in [3.05, 3.63) is 88.2 Å². The molecule has 0 spiro atoms. The molecule has 0 N–H and O–H groups in total. The number of aromatic nitrogens is 1. The first kappa shape index (κ1) is 22.5. The van der Waals surface area contributed by atoms with Gasteiger partial charge in [0.15, 0.2) is 10.5 Å². The van der Waals surface area contributed by atoms with Gasteiger partial charge in [0.05, 0.1) is 22.8 Å². The van der Waals surface area contributed by atoms with E-state index in [1.807, 2.05) is 5.38 Å². The molecule has 0 amide bonds. The Kier molecular flexibility index (Phi) is 6.11. The number of fused-ring (bicyclic) bond motifs is 1. The van der Waals surface area contributed by atoms with Gasteiger partial charge in [0, 0.05) is 9.90 Å². The van der Waals surface area contributed by atoms with Gasteiger partial charge in [-0.15, -0.1) is 11.3 Å². The number of rotatable bonds is 4. The Morgan fingerprint density at radius 2 is 2.00 bits per heavy atom. The van der Waals surface area contributed by atoms with Crippen LogP contribution in [0.15, 0.2) is 62.8 Å². The molecule has 32 heavy (non-hydrogen) atoms. The fourth-order valence-corrected chi connectivity index (χ4v) is 5.15. The van der Waals surface area contributed by atoms with Crippen molar-refractivity contribution in [3.63, 3.8) is 0 Å². The molecule has 1 atom stereocenters. The molecule has 2 aromatic heterocycles. The Morgan fingerprint density at radius 1 is 1.28 bits per heavy atom. The summed E-state index contributed by atoms with van der Waals surface area (Å²) in [6, 6.07) is 8.12. The van der Waals surface area contributed by atoms with E-state index in [2.05, 4.69) is 4.99 Å². The summed E-state index contributed by atoms with van der Waals surface area (Å²) in [5.74, 6) is -1.18. The molecule has 5 nitrogen and oxygen atoms in total. The molecule has 0 unspecified atom stereocenters. The van der Waals surface area contributed by atoms with Crippen molar-refractivity contribution in [2.75, 3.05) is 6.61 Å². The van der Waals surface area contributed by atoms with Gasteiger partial charge in [-0.3, -0.25) is 9.36 Å². The molecule has 0 aliphatic carbocycles. The van der Waals surface area contributed by atoms with Crippen LogP contribution in [0, 0.1) is 0 Å². The van der Waals surface area contributed by atoms with Crippen LogP contribution in [0.1, 0.15) is 23.4 Å². The number of thiazole rings is 1. The third kappa shape index (κ3) is 4.17. The second-order valence-corrected chi connectivity index (χ2v) is 9.06. The van der Waals surface area contributed by atoms with E-state index < -0.39 is 35.0 Å². The number of allylic oxidation sites excluding steroid dienone is 1. The SMILES string of the molecule is CCOC(=O)C1=C(C(F)(F)F)N=c2s/c(=C\c3cccs3)c(=O)n2[C@@H]1c1ccc(Cl)cc1. The molecule has 0 saturated carbocycles. The average molecular weight is 499 g/mol. The van der Waals surface area contributed by atoms with Crippen molar-refractivity contribution in [1.29, 1.82) is 0 Å². The molecule has 3 heterocycles. The van der Waals surface area contributed by atoms with Gasteiger partial charge in [0.2, 0.25) is 0 Å². The number of hydrogen-bond donors (Lipinski definition) is 0. The lowest BCUT2D eigenvalue weighted by Crippen LogP contribution is -2.41. The number of benzene rings is 1. The maximum atomic E-state index is 14.0. The number of ether oxygens (including phenoxy) is 1. The standard InChI is InChI=1S/C21H14ClF3N2O3S2/c1-2-30-19(29)15-16(11-5-7-12(22)8-6-11)27-18(28)14(10-13-4-3-9-31-13)32-20(27)26-17(15)21(23,24)25/h3-10,16H,2H2,1H3/b14-10-/t16-/m1/s1. The number of hydrogen-bond acceptors (Lipinski definition) is 6. The van der Waals surface area contributed by atoms with E-state index in [4.69, 9.17) is 16.3 Å². The lowest BCUT2D eigenvalue weighted by atomic mass is 9.95. The zero-order valence-electron chi connectivity index (χ0n) is 16.4. The number of carbonyl (C=O) groups excluding carboxylic acids is 1. The zero-order valence-corrected chi connectivity index (χ0v) is 18.7. The maximum absolute atomic E-state index is 14.0. The van der Waals surface area contributed by atoms with Crippen molar-refractivity contribution < 1.29 is 22.7 Å². The van der Waals surface area contributed by atoms with Crippen LogP contribution in [0.4, 0.5) is 13.2 Å². The highest BCUT2D eigenvalue weighted by Crippen LogP contribution is 2.38. The van der Waals surface area contributed by atoms with Gasteiger partial charge in [0.1, 0.15) is 0 Å². The van der Waals surface area contributed by atoms with Crippen LogP contribution < -0.4 is 14.9 Å². The van der Waals surface area contributed by atoms with Crippen LogP contribution in [0.3, 0.4) is 0 Å². The first-order valence-corrected chi connectivity index (χ1v) is 11.4. The average Bonchev–Trinajstić information content (AvgIpc) is 3.35. The Morgan fingerprint density at radius 3 is 2.59 bits per heavy atom. The van der Waals surface area contributed by atoms with E-state index in [0.29, 0.717) is 5.02 Å². The highest BCUT2D eigenvalue weighted by molar-refractivity contribution is 7.11. The molecule has 0 fully saturated rings. The van der Waals surface area contributed by atoms with E-state index >= 15 is 0 Å². The third-order valence-electron chi connectivity index (χ3n) is 4.60. The van der Waals surface area contributed by atoms with Gasteiger partial charge in [-0.05, 0) is 42.1 Å². The Bertz CT molecular complexity index is 1370. The fraction of sp³-hybridized carbons (Fsp3) is 0.190. The Hall–Kier alpha value is -2.69. The number of halogens is 4. The summed E-state index contributed by atoms with van der Waals surface area (Å²) in [6.45, 7) is 1.35. The summed E-state index contributed by atoms with van der Waals surface area (Å²) in [5.41, 5.74) is -2.39. The zero-order chi connectivity index (χ0) is 23.0. The van der Waals surface area contributed by atoms with Crippen molar-refractivity contribution in [3.8, 4) is 0 Å². The molecular weight excluding hydrogens is 485 g/mol. The first-order chi connectivity index (χ1) is 15.2. The molecule has 1 aliphatic rings. The summed E-state index contributed by atoms with van der Waals surface area (Å²) in [4.78, 5) is 30.3. The lowest BCUT2D eigenvalue weighted by Gasteiger charge is -2.26. The minimum Gasteiger partial charge on any atom is -0.463 e. The number of alkyl halides is 3. The Balaban J connectivity index is 2.06. The molecular formula is C21H14ClF3N2O3S2. The van der Waals surface area contributed by atoms with E-state index in [-0.39, 0.29) is 21.5 Å². The summed E-state index contributed by atoms with van der Waals surface area (Å²) >= 11 is 8.16. The van der Waals surface area contributed by atoms with Gasteiger partial charge in [-0.25, -0.2) is 9.79 Å². The van der Waals surface area contributed by atoms with Crippen LogP contribution in [0.2, 0.25) is 5.02 Å². The molecule has 0 saturated heterocycles. The van der Waals surface area contributed by atoms with E-state index in [1.165, 1.54) is 42.5 Å². The van der Waals surface area contributed by atoms with Crippen LogP contribution in [-0.2, 0) is 9.53 Å². The number of nitrogens with zero attached hydrogens (tertiary/aromatic N) is 2. The summed E-state index contributed by atoms with van der Waals surface area (Å²) in [6.07, 6.45) is -3.34. The molecule has 1 aliphatic heterocycles. The van der Waals surface area contributed by atoms with Crippen LogP contribution in [0.5, 0.6) is 0 Å². The predicted octanol–water partition coefficient (Wildman–Crippen LogP) is 4.06. The molecule has 4 rings (SSSR count). The van der Waals surface area contributed by atoms with Crippen LogP contribution in [-0.4, -0.2) is 23.3 Å². The van der Waals surface area contributed by atoms with E-state index in [9.17, 15) is 22.8 Å². The van der Waals surface area contributed by atoms with Crippen molar-refractivity contribution in [1.82, 2.24) is 4.57 Å². The van der Waals surface area contributed by atoms with Crippen LogP contribution >= 0.6 is 34.3 Å². The first-order valence-electron chi connectivity index (χ1n) is 9.30. The van der Waals surface area contributed by atoms with Gasteiger partial charge in [0.25, 0.3) is 5.56 Å². The number of esters is 1. The second kappa shape index (κ2) is 8.68. The Labute approximate surface area is 192 Å². The minimum absolute atomic E-state index is 0.135. The highest BCUT2D eigenvalue weighted by atomic mass is 35.5. The largest absolute Gasteiger partial charge is 0.463 e. The van der Waals surface area contributed by atoms with Gasteiger partial charge in [-0.1, -0.05) is 41.1 Å². The van der Waals surface area contributed by atoms with Crippen molar-refractivity contribution in [2.45, 2.75) is 19.1 Å². The molecule has 0 radical (unpaired) electrons. The monoisotopic (exact) mass is 498 g/mol. The van der Waals surface area contributed by atoms with Crippen molar-refractivity contribution in [2.24, 2.45) is 4.99 Å². The van der Waals surface area contributed by atoms with E-state index in [0.717, 1.165) is 20.8 Å². The normalized spacial score (nSPS) is 16.7. The second-order valence-electron chi connectivity index (χ2n) is 6.63. The molecule has 0 bridgehead atoms. The highest BCUT2D eigenvalue weighted by Gasteiger charge is 2.45. The third-order valence-corrected chi connectivity index (χ3v) is 6.65. The topological polar surface area (TPSA) is 60.7 Å². The molecule has 11 heteroatoms. The summed E-state index contributed by atoms with van der Waals surface area (Å²) < 4.78 is 48.2. The number of carbonyl (C=O) groups is 1. The van der Waals surface area contributed by atoms with E-state index in [1.54, 1.807) is 18.2 Å². The molecule has 1 aromatic carbocycles. The molecule has 3 aromatic rings. The maximum Gasteiger partial charge on any atom is 0.434 e. The summed E-state index contributed by atoms with van der Waals surface area (Å²) in [7, 11) is 0. The van der Waals surface area contributed by atoms with Crippen molar-refractivity contribution >= 4 is 46.3 Å². The van der Waals surface area contributed by atoms with Gasteiger partial charge < -0.3 is 4.74 Å². The molecule has 166 valence electrons.